The number of hydrogen-bond donors (Lipinski definition) is 2. The smallest absolute Gasteiger partial charge is 0.0438 e. The second-order valence-electron chi connectivity index (χ2n) is 3.98. The Hall–Kier alpha value is 0.270. The number of aliphatic hydroxyl groups excluding tert-OH is 1. The van der Waals surface area contributed by atoms with Gasteiger partial charge in [-0.25, -0.2) is 0 Å². The molecule has 0 aromatic rings. The van der Waals surface area contributed by atoms with Gasteiger partial charge < -0.3 is 10.4 Å². The summed E-state index contributed by atoms with van der Waals surface area (Å²) in [4.78, 5) is 0. The molecule has 0 aliphatic heterocycles. The summed E-state index contributed by atoms with van der Waals surface area (Å²) in [5.41, 5.74) is 0. The van der Waals surface area contributed by atoms with Crippen LogP contribution < -0.4 is 5.32 Å². The minimum Gasteiger partial charge on any atom is -0.396 e. The Morgan fingerprint density at radius 2 is 2.29 bits per heavy atom. The topological polar surface area (TPSA) is 32.3 Å². The van der Waals surface area contributed by atoms with Crippen molar-refractivity contribution in [1.29, 1.82) is 0 Å². The van der Waals surface area contributed by atoms with E-state index in [0.29, 0.717) is 6.61 Å². The van der Waals surface area contributed by atoms with Crippen molar-refractivity contribution in [1.82, 2.24) is 5.32 Å². The van der Waals surface area contributed by atoms with Crippen molar-refractivity contribution < 1.29 is 5.11 Å². The lowest BCUT2D eigenvalue weighted by Gasteiger charge is -2.20. The standard InChI is InChI=1S/C11H23NOS/c1-2-7-12-10-5-3-6-11(10)14-9-4-8-13/h10-13H,2-9H2,1H3. The van der Waals surface area contributed by atoms with Gasteiger partial charge in [-0.15, -0.1) is 0 Å². The minimum atomic E-state index is 0.340. The molecule has 14 heavy (non-hydrogen) atoms. The molecular formula is C11H23NOS. The van der Waals surface area contributed by atoms with Crippen LogP contribution in [0.3, 0.4) is 0 Å². The van der Waals surface area contributed by atoms with Crippen molar-refractivity contribution in [3.63, 3.8) is 0 Å². The quantitative estimate of drug-likeness (QED) is 0.640. The second kappa shape index (κ2) is 7.55. The molecule has 84 valence electrons. The van der Waals surface area contributed by atoms with Crippen LogP contribution in [-0.4, -0.2) is 35.3 Å². The van der Waals surface area contributed by atoms with Crippen molar-refractivity contribution >= 4 is 11.8 Å². The third kappa shape index (κ3) is 4.20. The first kappa shape index (κ1) is 12.3. The van der Waals surface area contributed by atoms with Crippen LogP contribution >= 0.6 is 11.8 Å². The Labute approximate surface area is 91.9 Å². The van der Waals surface area contributed by atoms with Crippen LogP contribution in [0.4, 0.5) is 0 Å². The molecular weight excluding hydrogens is 194 g/mol. The van der Waals surface area contributed by atoms with Crippen LogP contribution in [0.5, 0.6) is 0 Å². The predicted octanol–water partition coefficient (Wildman–Crippen LogP) is 2.02. The van der Waals surface area contributed by atoms with Gasteiger partial charge in [0.2, 0.25) is 0 Å². The summed E-state index contributed by atoms with van der Waals surface area (Å²) < 4.78 is 0. The molecule has 0 aromatic carbocycles. The summed E-state index contributed by atoms with van der Waals surface area (Å²) in [5, 5.41) is 13.1. The summed E-state index contributed by atoms with van der Waals surface area (Å²) in [6.07, 6.45) is 6.25. The molecule has 1 fully saturated rings. The van der Waals surface area contributed by atoms with E-state index in [2.05, 4.69) is 12.2 Å². The number of thioether (sulfide) groups is 1. The van der Waals surface area contributed by atoms with E-state index in [0.717, 1.165) is 30.0 Å². The number of rotatable bonds is 7. The lowest BCUT2D eigenvalue weighted by molar-refractivity contribution is 0.296. The van der Waals surface area contributed by atoms with Crippen molar-refractivity contribution in [3.05, 3.63) is 0 Å². The van der Waals surface area contributed by atoms with Gasteiger partial charge in [0.1, 0.15) is 0 Å². The van der Waals surface area contributed by atoms with E-state index in [1.54, 1.807) is 0 Å². The molecule has 0 spiro atoms. The Morgan fingerprint density at radius 1 is 1.43 bits per heavy atom. The normalized spacial score (nSPS) is 27.0. The van der Waals surface area contributed by atoms with E-state index < -0.39 is 0 Å². The summed E-state index contributed by atoms with van der Waals surface area (Å²) >= 11 is 2.04. The van der Waals surface area contributed by atoms with Crippen molar-refractivity contribution in [2.45, 2.75) is 50.3 Å². The fourth-order valence-corrected chi connectivity index (χ4v) is 3.38. The number of hydrogen-bond acceptors (Lipinski definition) is 3. The first-order valence-electron chi connectivity index (χ1n) is 5.84. The number of aliphatic hydroxyl groups is 1. The maximum absolute atomic E-state index is 8.72. The lowest BCUT2D eigenvalue weighted by Crippen LogP contribution is -2.34. The molecule has 2 nitrogen and oxygen atoms in total. The SMILES string of the molecule is CCCNC1CCCC1SCCCO. The highest BCUT2D eigenvalue weighted by Crippen LogP contribution is 2.30. The fourth-order valence-electron chi connectivity index (χ4n) is 1.99. The van der Waals surface area contributed by atoms with Crippen LogP contribution in [0.25, 0.3) is 0 Å². The maximum atomic E-state index is 8.72. The van der Waals surface area contributed by atoms with E-state index in [4.69, 9.17) is 5.11 Å². The molecule has 2 unspecified atom stereocenters. The molecule has 3 heteroatoms. The molecule has 1 rings (SSSR count). The van der Waals surface area contributed by atoms with E-state index >= 15 is 0 Å². The molecule has 0 heterocycles. The highest BCUT2D eigenvalue weighted by atomic mass is 32.2. The fraction of sp³-hybridized carbons (Fsp3) is 1.00. The summed E-state index contributed by atoms with van der Waals surface area (Å²) in [6, 6.07) is 0.735. The van der Waals surface area contributed by atoms with Gasteiger partial charge in [0.05, 0.1) is 0 Å². The highest BCUT2D eigenvalue weighted by Gasteiger charge is 2.26. The van der Waals surface area contributed by atoms with Gasteiger partial charge in [-0.05, 0) is 38.0 Å². The predicted molar refractivity (Wildman–Crippen MR) is 63.9 cm³/mol. The Bertz CT molecular complexity index is 143. The number of nitrogens with one attached hydrogen (secondary N) is 1. The summed E-state index contributed by atoms with van der Waals surface area (Å²) in [5.74, 6) is 1.12. The minimum absolute atomic E-state index is 0.340. The lowest BCUT2D eigenvalue weighted by atomic mass is 10.2. The molecule has 0 amide bonds. The summed E-state index contributed by atoms with van der Waals surface area (Å²) in [6.45, 7) is 3.71. The van der Waals surface area contributed by atoms with E-state index in [1.165, 1.54) is 25.7 Å². The molecule has 2 atom stereocenters. The van der Waals surface area contributed by atoms with Crippen LogP contribution in [0.15, 0.2) is 0 Å². The van der Waals surface area contributed by atoms with E-state index in [1.807, 2.05) is 11.8 Å². The van der Waals surface area contributed by atoms with Crippen molar-refractivity contribution in [2.75, 3.05) is 18.9 Å². The largest absolute Gasteiger partial charge is 0.396 e. The van der Waals surface area contributed by atoms with Gasteiger partial charge in [0.15, 0.2) is 0 Å². The molecule has 1 aliphatic carbocycles. The van der Waals surface area contributed by atoms with Crippen LogP contribution in [0.1, 0.15) is 39.0 Å². The van der Waals surface area contributed by atoms with Gasteiger partial charge in [0, 0.05) is 17.9 Å². The van der Waals surface area contributed by atoms with Gasteiger partial charge in [0.25, 0.3) is 0 Å². The Balaban J connectivity index is 2.14. The zero-order chi connectivity index (χ0) is 10.2. The first-order valence-corrected chi connectivity index (χ1v) is 6.89. The third-order valence-electron chi connectivity index (χ3n) is 2.74. The molecule has 0 aromatic heterocycles. The highest BCUT2D eigenvalue weighted by molar-refractivity contribution is 7.99. The Morgan fingerprint density at radius 3 is 3.00 bits per heavy atom. The van der Waals surface area contributed by atoms with Gasteiger partial charge >= 0.3 is 0 Å². The van der Waals surface area contributed by atoms with Crippen LogP contribution in [-0.2, 0) is 0 Å². The van der Waals surface area contributed by atoms with Crippen LogP contribution in [0, 0.1) is 0 Å². The second-order valence-corrected chi connectivity index (χ2v) is 5.33. The van der Waals surface area contributed by atoms with E-state index in [-0.39, 0.29) is 0 Å². The summed E-state index contributed by atoms with van der Waals surface area (Å²) in [7, 11) is 0. The van der Waals surface area contributed by atoms with Crippen LogP contribution in [0.2, 0.25) is 0 Å². The Kier molecular flexibility index (Phi) is 6.65. The first-order chi connectivity index (χ1) is 6.88. The third-order valence-corrected chi connectivity index (χ3v) is 4.26. The molecule has 0 radical (unpaired) electrons. The molecule has 0 bridgehead atoms. The average Bonchev–Trinajstić information content (AvgIpc) is 2.63. The molecule has 1 aliphatic rings. The zero-order valence-electron chi connectivity index (χ0n) is 9.17. The zero-order valence-corrected chi connectivity index (χ0v) is 9.98. The van der Waals surface area contributed by atoms with Gasteiger partial charge in [-0.1, -0.05) is 13.3 Å². The van der Waals surface area contributed by atoms with Crippen molar-refractivity contribution in [2.24, 2.45) is 0 Å². The average molecular weight is 217 g/mol. The van der Waals surface area contributed by atoms with E-state index in [9.17, 15) is 0 Å². The maximum Gasteiger partial charge on any atom is 0.0438 e. The van der Waals surface area contributed by atoms with Gasteiger partial charge in [-0.3, -0.25) is 0 Å². The van der Waals surface area contributed by atoms with Gasteiger partial charge in [-0.2, -0.15) is 11.8 Å². The molecule has 0 saturated heterocycles. The van der Waals surface area contributed by atoms with Crippen molar-refractivity contribution in [3.8, 4) is 0 Å². The molecule has 2 N–H and O–H groups in total. The molecule has 1 saturated carbocycles. The monoisotopic (exact) mass is 217 g/mol.